The molecule has 1 aliphatic rings. The largest absolute Gasteiger partial charge is 0.343 e. The Labute approximate surface area is 78.7 Å². The molecule has 0 aromatic heterocycles. The summed E-state index contributed by atoms with van der Waals surface area (Å²) in [5.41, 5.74) is 0. The summed E-state index contributed by atoms with van der Waals surface area (Å²) in [5, 5.41) is 0. The molecule has 3 heteroatoms. The van der Waals surface area contributed by atoms with Gasteiger partial charge in [0.15, 0.2) is 12.1 Å². The average Bonchev–Trinajstić information content (AvgIpc) is 2.39. The normalized spacial score (nSPS) is 34.1. The third kappa shape index (κ3) is 2.17. The summed E-state index contributed by atoms with van der Waals surface area (Å²) in [6, 6.07) is 0. The molecule has 13 heavy (non-hydrogen) atoms. The van der Waals surface area contributed by atoms with Crippen LogP contribution in [0.1, 0.15) is 20.8 Å². The van der Waals surface area contributed by atoms with E-state index in [1.165, 1.54) is 0 Å². The van der Waals surface area contributed by atoms with Crippen LogP contribution in [-0.2, 0) is 14.3 Å². The summed E-state index contributed by atoms with van der Waals surface area (Å²) >= 11 is 0. The van der Waals surface area contributed by atoms with Crippen LogP contribution in [0.4, 0.5) is 0 Å². The molecule has 0 spiro atoms. The standard InChI is InChI=1S/C10H16O3/c1-5-7(2)9-8(6-11)12-10(3,4)13-9/h5-9H,1H2,2-4H3. The molecule has 1 rings (SSSR count). The first-order valence-electron chi connectivity index (χ1n) is 4.43. The third-order valence-corrected chi connectivity index (χ3v) is 2.19. The van der Waals surface area contributed by atoms with Crippen molar-refractivity contribution in [3.05, 3.63) is 12.7 Å². The zero-order chi connectivity index (χ0) is 10.1. The van der Waals surface area contributed by atoms with Crippen LogP contribution in [0, 0.1) is 5.92 Å². The highest BCUT2D eigenvalue weighted by atomic mass is 16.8. The molecular formula is C10H16O3. The van der Waals surface area contributed by atoms with Crippen molar-refractivity contribution in [1.29, 1.82) is 0 Å². The van der Waals surface area contributed by atoms with Crippen molar-refractivity contribution in [2.45, 2.75) is 38.8 Å². The maximum atomic E-state index is 10.7. The molecule has 0 bridgehead atoms. The Morgan fingerprint density at radius 3 is 2.54 bits per heavy atom. The van der Waals surface area contributed by atoms with Gasteiger partial charge in [0.25, 0.3) is 0 Å². The van der Waals surface area contributed by atoms with Crippen LogP contribution in [0.5, 0.6) is 0 Å². The number of ether oxygens (including phenoxy) is 2. The SMILES string of the molecule is C=CC(C)C1OC(C)(C)OC1C=O. The van der Waals surface area contributed by atoms with Crippen LogP contribution in [0.15, 0.2) is 12.7 Å². The van der Waals surface area contributed by atoms with E-state index in [9.17, 15) is 4.79 Å². The van der Waals surface area contributed by atoms with Crippen LogP contribution in [0.25, 0.3) is 0 Å². The first kappa shape index (κ1) is 10.4. The van der Waals surface area contributed by atoms with Gasteiger partial charge in [-0.25, -0.2) is 0 Å². The summed E-state index contributed by atoms with van der Waals surface area (Å²) in [6.45, 7) is 9.24. The van der Waals surface area contributed by atoms with E-state index in [0.717, 1.165) is 6.29 Å². The van der Waals surface area contributed by atoms with Gasteiger partial charge in [0.05, 0.1) is 6.10 Å². The van der Waals surface area contributed by atoms with Crippen molar-refractivity contribution in [3.63, 3.8) is 0 Å². The molecule has 0 saturated carbocycles. The Kier molecular flexibility index (Phi) is 2.88. The van der Waals surface area contributed by atoms with E-state index in [2.05, 4.69) is 6.58 Å². The Balaban J connectivity index is 2.74. The fraction of sp³-hybridized carbons (Fsp3) is 0.700. The third-order valence-electron chi connectivity index (χ3n) is 2.19. The first-order chi connectivity index (χ1) is 6.00. The van der Waals surface area contributed by atoms with Crippen molar-refractivity contribution >= 4 is 6.29 Å². The Hall–Kier alpha value is -0.670. The Morgan fingerprint density at radius 1 is 1.46 bits per heavy atom. The predicted molar refractivity (Wildman–Crippen MR) is 49.3 cm³/mol. The lowest BCUT2D eigenvalue weighted by atomic mass is 10.0. The van der Waals surface area contributed by atoms with E-state index in [4.69, 9.17) is 9.47 Å². The molecule has 1 heterocycles. The van der Waals surface area contributed by atoms with Crippen molar-refractivity contribution in [2.24, 2.45) is 5.92 Å². The van der Waals surface area contributed by atoms with Crippen molar-refractivity contribution in [3.8, 4) is 0 Å². The summed E-state index contributed by atoms with van der Waals surface area (Å²) < 4.78 is 11.0. The second-order valence-electron chi connectivity index (χ2n) is 3.80. The van der Waals surface area contributed by atoms with Gasteiger partial charge in [-0.05, 0) is 13.8 Å². The van der Waals surface area contributed by atoms with Crippen molar-refractivity contribution < 1.29 is 14.3 Å². The highest BCUT2D eigenvalue weighted by molar-refractivity contribution is 5.58. The summed E-state index contributed by atoms with van der Waals surface area (Å²) in [6.07, 6.45) is 1.89. The number of rotatable bonds is 3. The average molecular weight is 184 g/mol. The molecular weight excluding hydrogens is 168 g/mol. The fourth-order valence-electron chi connectivity index (χ4n) is 1.46. The van der Waals surface area contributed by atoms with Gasteiger partial charge >= 0.3 is 0 Å². The highest BCUT2D eigenvalue weighted by Crippen LogP contribution is 2.31. The number of hydrogen-bond donors (Lipinski definition) is 0. The molecule has 1 saturated heterocycles. The maximum Gasteiger partial charge on any atom is 0.164 e. The van der Waals surface area contributed by atoms with E-state index in [1.54, 1.807) is 19.9 Å². The molecule has 74 valence electrons. The second kappa shape index (κ2) is 3.60. The highest BCUT2D eigenvalue weighted by Gasteiger charge is 2.42. The van der Waals surface area contributed by atoms with E-state index in [-0.39, 0.29) is 12.0 Å². The minimum atomic E-state index is -0.659. The van der Waals surface area contributed by atoms with Gasteiger partial charge in [-0.1, -0.05) is 13.0 Å². The zero-order valence-electron chi connectivity index (χ0n) is 8.32. The van der Waals surface area contributed by atoms with Crippen LogP contribution in [-0.4, -0.2) is 24.3 Å². The quantitative estimate of drug-likeness (QED) is 0.493. The topological polar surface area (TPSA) is 35.5 Å². The van der Waals surface area contributed by atoms with Crippen LogP contribution in [0.2, 0.25) is 0 Å². The number of carbonyl (C=O) groups is 1. The van der Waals surface area contributed by atoms with E-state index < -0.39 is 11.9 Å². The smallest absolute Gasteiger partial charge is 0.164 e. The molecule has 0 aliphatic carbocycles. The van der Waals surface area contributed by atoms with Crippen LogP contribution < -0.4 is 0 Å². The van der Waals surface area contributed by atoms with Gasteiger partial charge in [-0.3, -0.25) is 0 Å². The van der Waals surface area contributed by atoms with Gasteiger partial charge in [0, 0.05) is 5.92 Å². The van der Waals surface area contributed by atoms with Gasteiger partial charge in [-0.2, -0.15) is 0 Å². The molecule has 3 nitrogen and oxygen atoms in total. The van der Waals surface area contributed by atoms with Crippen molar-refractivity contribution in [2.75, 3.05) is 0 Å². The Morgan fingerprint density at radius 2 is 2.08 bits per heavy atom. The minimum absolute atomic E-state index is 0.122. The lowest BCUT2D eigenvalue weighted by molar-refractivity contribution is -0.151. The predicted octanol–water partition coefficient (Wildman–Crippen LogP) is 1.53. The molecule has 0 N–H and O–H groups in total. The summed E-state index contributed by atoms with van der Waals surface area (Å²) in [4.78, 5) is 10.7. The van der Waals surface area contributed by atoms with Gasteiger partial charge in [0.2, 0.25) is 0 Å². The molecule has 3 unspecified atom stereocenters. The second-order valence-corrected chi connectivity index (χ2v) is 3.80. The summed E-state index contributed by atoms with van der Waals surface area (Å²) in [5.74, 6) is -0.537. The molecule has 1 fully saturated rings. The lowest BCUT2D eigenvalue weighted by Gasteiger charge is -2.19. The summed E-state index contributed by atoms with van der Waals surface area (Å²) in [7, 11) is 0. The minimum Gasteiger partial charge on any atom is -0.343 e. The molecule has 0 amide bonds. The first-order valence-corrected chi connectivity index (χ1v) is 4.43. The monoisotopic (exact) mass is 184 g/mol. The number of hydrogen-bond acceptors (Lipinski definition) is 3. The molecule has 3 atom stereocenters. The van der Waals surface area contributed by atoms with Crippen molar-refractivity contribution in [1.82, 2.24) is 0 Å². The van der Waals surface area contributed by atoms with Gasteiger partial charge in [0.1, 0.15) is 6.10 Å². The molecule has 1 aliphatic heterocycles. The van der Waals surface area contributed by atoms with Gasteiger partial charge in [-0.15, -0.1) is 6.58 Å². The molecule has 0 aromatic carbocycles. The van der Waals surface area contributed by atoms with E-state index in [0.29, 0.717) is 0 Å². The lowest BCUT2D eigenvalue weighted by Crippen LogP contribution is -2.29. The maximum absolute atomic E-state index is 10.7. The van der Waals surface area contributed by atoms with Gasteiger partial charge < -0.3 is 14.3 Å². The molecule has 0 aromatic rings. The zero-order valence-corrected chi connectivity index (χ0v) is 8.32. The Bertz CT molecular complexity index is 210. The van der Waals surface area contributed by atoms with E-state index >= 15 is 0 Å². The van der Waals surface area contributed by atoms with E-state index in [1.807, 2.05) is 6.92 Å². The molecule has 0 radical (unpaired) electrons. The number of carbonyl (C=O) groups excluding carboxylic acids is 1. The number of aldehydes is 1. The van der Waals surface area contributed by atoms with Crippen LogP contribution >= 0.6 is 0 Å². The fourth-order valence-corrected chi connectivity index (χ4v) is 1.46. The van der Waals surface area contributed by atoms with Crippen LogP contribution in [0.3, 0.4) is 0 Å².